The average Bonchev–Trinajstić information content (AvgIpc) is 3.46. The number of anilines is 1. The normalized spacial score (nSPS) is 10.9. The summed E-state index contributed by atoms with van der Waals surface area (Å²) in [6.45, 7) is 9.63. The molecule has 2 aromatic heterocycles. The number of nitrogens with one attached hydrogen (secondary N) is 1. The number of aryl methyl sites for hydroxylation is 2. The van der Waals surface area contributed by atoms with Gasteiger partial charge in [-0.2, -0.15) is 0 Å². The summed E-state index contributed by atoms with van der Waals surface area (Å²) in [6, 6.07) is 13.4. The van der Waals surface area contributed by atoms with Gasteiger partial charge >= 0.3 is 6.09 Å². The molecular weight excluding hydrogens is 432 g/mol. The van der Waals surface area contributed by atoms with E-state index < -0.39 is 12.0 Å². The summed E-state index contributed by atoms with van der Waals surface area (Å²) in [4.78, 5) is 27.0. The molecule has 1 N–H and O–H groups in total. The second kappa shape index (κ2) is 9.82. The molecule has 2 aromatic carbocycles. The van der Waals surface area contributed by atoms with Crippen LogP contribution in [0.2, 0.25) is 0 Å². The highest BCUT2D eigenvalue weighted by Crippen LogP contribution is 2.35. The molecule has 2 heterocycles. The number of amides is 2. The number of hydrogen-bond acceptors (Lipinski definition) is 5. The lowest BCUT2D eigenvalue weighted by molar-refractivity contribution is 0.0987. The first kappa shape index (κ1) is 23.1. The zero-order valence-corrected chi connectivity index (χ0v) is 19.8. The standard InChI is InChI=1S/C26H28N4O4/c1-5-29(6-2)26(32)33-22-8-7-21-20(24(22)28-25(31)23-9-11-27-34-23)10-12-30(21)16-19-14-17(3)13-18(4)15-19/h7-15H,5-6,16H2,1-4H3,(H,28,31). The first-order valence-electron chi connectivity index (χ1n) is 11.3. The Morgan fingerprint density at radius 2 is 1.79 bits per heavy atom. The second-order valence-electron chi connectivity index (χ2n) is 8.18. The third kappa shape index (κ3) is 4.80. The Labute approximate surface area is 198 Å². The molecular formula is C26H28N4O4. The summed E-state index contributed by atoms with van der Waals surface area (Å²) in [7, 11) is 0. The molecule has 0 bridgehead atoms. The lowest BCUT2D eigenvalue weighted by Crippen LogP contribution is -2.33. The van der Waals surface area contributed by atoms with Crippen molar-refractivity contribution in [3.8, 4) is 5.75 Å². The Hall–Kier alpha value is -4.07. The van der Waals surface area contributed by atoms with E-state index in [0.29, 0.717) is 25.3 Å². The molecule has 0 unspecified atom stereocenters. The van der Waals surface area contributed by atoms with Crippen molar-refractivity contribution in [2.45, 2.75) is 34.2 Å². The Bertz CT molecular complexity index is 1300. The fourth-order valence-corrected chi connectivity index (χ4v) is 4.11. The van der Waals surface area contributed by atoms with Crippen LogP contribution in [-0.2, 0) is 6.54 Å². The number of fused-ring (bicyclic) bond motifs is 1. The van der Waals surface area contributed by atoms with Crippen molar-refractivity contribution >= 4 is 28.6 Å². The topological polar surface area (TPSA) is 89.6 Å². The summed E-state index contributed by atoms with van der Waals surface area (Å²) >= 11 is 0. The van der Waals surface area contributed by atoms with Crippen LogP contribution in [0.15, 0.2) is 59.4 Å². The van der Waals surface area contributed by atoms with E-state index in [0.717, 1.165) is 10.9 Å². The Balaban J connectivity index is 1.74. The summed E-state index contributed by atoms with van der Waals surface area (Å²) in [6.07, 6.45) is 2.88. The lowest BCUT2D eigenvalue weighted by Gasteiger charge is -2.19. The minimum absolute atomic E-state index is 0.0627. The molecule has 4 aromatic rings. The van der Waals surface area contributed by atoms with Crippen molar-refractivity contribution in [3.63, 3.8) is 0 Å². The molecule has 0 aliphatic heterocycles. The summed E-state index contributed by atoms with van der Waals surface area (Å²) in [5.74, 6) is -0.152. The highest BCUT2D eigenvalue weighted by molar-refractivity contribution is 6.09. The third-order valence-electron chi connectivity index (χ3n) is 5.67. The van der Waals surface area contributed by atoms with Gasteiger partial charge in [-0.05, 0) is 51.5 Å². The van der Waals surface area contributed by atoms with Crippen molar-refractivity contribution in [2.75, 3.05) is 18.4 Å². The zero-order chi connectivity index (χ0) is 24.2. The summed E-state index contributed by atoms with van der Waals surface area (Å²) in [5.41, 5.74) is 4.89. The molecule has 8 nitrogen and oxygen atoms in total. The van der Waals surface area contributed by atoms with Crippen LogP contribution in [0, 0.1) is 13.8 Å². The van der Waals surface area contributed by atoms with E-state index in [1.165, 1.54) is 29.0 Å². The molecule has 34 heavy (non-hydrogen) atoms. The molecule has 2 amide bonds. The number of aromatic nitrogens is 2. The average molecular weight is 461 g/mol. The van der Waals surface area contributed by atoms with Crippen LogP contribution in [0.4, 0.5) is 10.5 Å². The van der Waals surface area contributed by atoms with E-state index in [-0.39, 0.29) is 11.5 Å². The predicted octanol–water partition coefficient (Wildman–Crippen LogP) is 5.39. The predicted molar refractivity (Wildman–Crippen MR) is 130 cm³/mol. The number of carbonyl (C=O) groups excluding carboxylic acids is 2. The van der Waals surface area contributed by atoms with Crippen LogP contribution < -0.4 is 10.1 Å². The number of nitrogens with zero attached hydrogens (tertiary/aromatic N) is 3. The van der Waals surface area contributed by atoms with E-state index in [2.05, 4.69) is 47.1 Å². The molecule has 0 atom stereocenters. The zero-order valence-electron chi connectivity index (χ0n) is 19.8. The lowest BCUT2D eigenvalue weighted by atomic mass is 10.1. The van der Waals surface area contributed by atoms with Crippen molar-refractivity contribution in [1.82, 2.24) is 14.6 Å². The summed E-state index contributed by atoms with van der Waals surface area (Å²) < 4.78 is 12.8. The third-order valence-corrected chi connectivity index (χ3v) is 5.67. The highest BCUT2D eigenvalue weighted by Gasteiger charge is 2.21. The largest absolute Gasteiger partial charge is 0.415 e. The van der Waals surface area contributed by atoms with Crippen LogP contribution in [0.1, 0.15) is 41.1 Å². The molecule has 8 heteroatoms. The quantitative estimate of drug-likeness (QED) is 0.400. The second-order valence-corrected chi connectivity index (χ2v) is 8.18. The van der Waals surface area contributed by atoms with Crippen molar-refractivity contribution in [1.29, 1.82) is 0 Å². The van der Waals surface area contributed by atoms with Crippen LogP contribution in [-0.4, -0.2) is 39.7 Å². The van der Waals surface area contributed by atoms with Crippen LogP contribution >= 0.6 is 0 Å². The fraction of sp³-hybridized carbons (Fsp3) is 0.269. The van der Waals surface area contributed by atoms with E-state index in [9.17, 15) is 9.59 Å². The van der Waals surface area contributed by atoms with Crippen LogP contribution in [0.3, 0.4) is 0 Å². The molecule has 0 saturated carbocycles. The van der Waals surface area contributed by atoms with Crippen molar-refractivity contribution < 1.29 is 18.8 Å². The molecule has 0 saturated heterocycles. The number of ether oxygens (including phenoxy) is 1. The maximum atomic E-state index is 12.8. The first-order valence-corrected chi connectivity index (χ1v) is 11.3. The minimum Gasteiger partial charge on any atom is -0.408 e. The Morgan fingerprint density at radius 1 is 1.06 bits per heavy atom. The summed E-state index contributed by atoms with van der Waals surface area (Å²) in [5, 5.41) is 7.20. The van der Waals surface area contributed by atoms with Crippen LogP contribution in [0.5, 0.6) is 5.75 Å². The van der Waals surface area contributed by atoms with E-state index in [1.807, 2.05) is 32.2 Å². The van der Waals surface area contributed by atoms with Gasteiger partial charge in [-0.25, -0.2) is 4.79 Å². The molecule has 0 fully saturated rings. The van der Waals surface area contributed by atoms with Gasteiger partial charge in [0.25, 0.3) is 5.91 Å². The Kier molecular flexibility index (Phi) is 6.67. The van der Waals surface area contributed by atoms with Gasteiger partial charge in [-0.3, -0.25) is 4.79 Å². The van der Waals surface area contributed by atoms with E-state index in [1.54, 1.807) is 11.0 Å². The molecule has 0 spiro atoms. The van der Waals surface area contributed by atoms with Gasteiger partial charge in [0, 0.05) is 37.3 Å². The number of carbonyl (C=O) groups is 2. The van der Waals surface area contributed by atoms with Gasteiger partial charge in [0.1, 0.15) is 0 Å². The van der Waals surface area contributed by atoms with Gasteiger partial charge in [0.05, 0.1) is 17.4 Å². The molecule has 0 aliphatic carbocycles. The number of hydrogen-bond donors (Lipinski definition) is 1. The van der Waals surface area contributed by atoms with E-state index >= 15 is 0 Å². The van der Waals surface area contributed by atoms with Gasteiger partial charge in [-0.15, -0.1) is 0 Å². The fourth-order valence-electron chi connectivity index (χ4n) is 4.11. The maximum Gasteiger partial charge on any atom is 0.415 e. The Morgan fingerprint density at radius 3 is 2.44 bits per heavy atom. The smallest absolute Gasteiger partial charge is 0.408 e. The van der Waals surface area contributed by atoms with Crippen molar-refractivity contribution in [3.05, 3.63) is 77.3 Å². The van der Waals surface area contributed by atoms with Gasteiger partial charge in [0.2, 0.25) is 5.76 Å². The van der Waals surface area contributed by atoms with Crippen molar-refractivity contribution in [2.24, 2.45) is 0 Å². The molecule has 176 valence electrons. The molecule has 0 aliphatic rings. The monoisotopic (exact) mass is 460 g/mol. The maximum absolute atomic E-state index is 12.8. The number of benzene rings is 2. The van der Waals surface area contributed by atoms with Crippen LogP contribution in [0.25, 0.3) is 10.9 Å². The van der Waals surface area contributed by atoms with Gasteiger partial charge in [0.15, 0.2) is 5.75 Å². The SMILES string of the molecule is CCN(CC)C(=O)Oc1ccc2c(ccn2Cc2cc(C)cc(C)c2)c1NC(=O)c1ccno1. The first-order chi connectivity index (χ1) is 16.4. The van der Waals surface area contributed by atoms with Gasteiger partial charge < -0.3 is 24.0 Å². The minimum atomic E-state index is -0.479. The van der Waals surface area contributed by atoms with Gasteiger partial charge in [-0.1, -0.05) is 34.5 Å². The highest BCUT2D eigenvalue weighted by atomic mass is 16.6. The number of rotatable bonds is 7. The molecule has 0 radical (unpaired) electrons. The van der Waals surface area contributed by atoms with E-state index in [4.69, 9.17) is 9.26 Å². The molecule has 4 rings (SSSR count).